The van der Waals surface area contributed by atoms with Gasteiger partial charge in [0.1, 0.15) is 5.58 Å². The predicted octanol–water partition coefficient (Wildman–Crippen LogP) is 1.08. The summed E-state index contributed by atoms with van der Waals surface area (Å²) in [5.74, 6) is -0.405. The maximum absolute atomic E-state index is 10.9. The molecule has 3 N–H and O–H groups in total. The molecule has 0 amide bonds. The van der Waals surface area contributed by atoms with Crippen LogP contribution in [0.3, 0.4) is 0 Å². The molecular formula is C9H7NO3. The largest absolute Gasteiger partial charge is 0.502 e. The lowest BCUT2D eigenvalue weighted by Gasteiger charge is -1.97. The highest BCUT2D eigenvalue weighted by Gasteiger charge is 2.02. The number of hydrogen-bond acceptors (Lipinski definition) is 4. The minimum atomic E-state index is -0.739. The summed E-state index contributed by atoms with van der Waals surface area (Å²) in [4.78, 5) is 10.9. The molecule has 1 aromatic heterocycles. The van der Waals surface area contributed by atoms with E-state index < -0.39 is 11.4 Å². The van der Waals surface area contributed by atoms with Gasteiger partial charge in [-0.2, -0.15) is 0 Å². The zero-order valence-corrected chi connectivity index (χ0v) is 6.65. The number of benzene rings is 1. The fourth-order valence-electron chi connectivity index (χ4n) is 1.13. The molecule has 13 heavy (non-hydrogen) atoms. The number of hydrogen-bond donors (Lipinski definition) is 2. The lowest BCUT2D eigenvalue weighted by molar-refractivity contribution is 0.428. The minimum Gasteiger partial charge on any atom is -0.502 e. The van der Waals surface area contributed by atoms with E-state index in [1.165, 1.54) is 6.07 Å². The molecule has 0 aliphatic heterocycles. The molecule has 0 atom stereocenters. The van der Waals surface area contributed by atoms with Crippen LogP contribution < -0.4 is 11.4 Å². The molecule has 0 radical (unpaired) electrons. The van der Waals surface area contributed by atoms with Crippen LogP contribution in [0.5, 0.6) is 5.75 Å². The van der Waals surface area contributed by atoms with Crippen molar-refractivity contribution in [2.45, 2.75) is 0 Å². The van der Waals surface area contributed by atoms with Gasteiger partial charge >= 0.3 is 5.63 Å². The second kappa shape index (κ2) is 2.52. The molecule has 1 heterocycles. The van der Waals surface area contributed by atoms with Gasteiger partial charge in [0.2, 0.25) is 5.75 Å². The fourth-order valence-corrected chi connectivity index (χ4v) is 1.13. The fraction of sp³-hybridized carbons (Fsp3) is 0. The van der Waals surface area contributed by atoms with Gasteiger partial charge in [-0.15, -0.1) is 0 Å². The number of fused-ring (bicyclic) bond motifs is 1. The Morgan fingerprint density at radius 3 is 2.85 bits per heavy atom. The molecule has 0 saturated carbocycles. The van der Waals surface area contributed by atoms with E-state index in [4.69, 9.17) is 15.3 Å². The van der Waals surface area contributed by atoms with Crippen LogP contribution in [0.4, 0.5) is 5.69 Å². The van der Waals surface area contributed by atoms with Gasteiger partial charge in [0.25, 0.3) is 0 Å². The summed E-state index contributed by atoms with van der Waals surface area (Å²) in [6, 6.07) is 6.17. The Morgan fingerprint density at radius 2 is 2.08 bits per heavy atom. The highest BCUT2D eigenvalue weighted by atomic mass is 16.4. The van der Waals surface area contributed by atoms with Crippen molar-refractivity contribution in [2.24, 2.45) is 0 Å². The molecule has 2 rings (SSSR count). The van der Waals surface area contributed by atoms with Crippen LogP contribution in [0.1, 0.15) is 0 Å². The van der Waals surface area contributed by atoms with Crippen LogP contribution in [0.25, 0.3) is 11.0 Å². The summed E-state index contributed by atoms with van der Waals surface area (Å²) in [6.07, 6.45) is 0. The second-order valence-electron chi connectivity index (χ2n) is 2.72. The average molecular weight is 177 g/mol. The quantitative estimate of drug-likeness (QED) is 0.466. The molecule has 4 heteroatoms. The maximum Gasteiger partial charge on any atom is 0.378 e. The summed E-state index contributed by atoms with van der Waals surface area (Å²) in [7, 11) is 0. The van der Waals surface area contributed by atoms with Crippen LogP contribution in [0, 0.1) is 0 Å². The monoisotopic (exact) mass is 177 g/mol. The Bertz CT molecular complexity index is 516. The van der Waals surface area contributed by atoms with Gasteiger partial charge in [-0.3, -0.25) is 0 Å². The zero-order chi connectivity index (χ0) is 9.42. The van der Waals surface area contributed by atoms with Crippen LogP contribution in [0.2, 0.25) is 0 Å². The molecule has 0 spiro atoms. The Kier molecular flexibility index (Phi) is 1.48. The molecule has 0 bridgehead atoms. The molecule has 1 aromatic carbocycles. The van der Waals surface area contributed by atoms with Crippen molar-refractivity contribution in [1.82, 2.24) is 0 Å². The molecular weight excluding hydrogens is 170 g/mol. The summed E-state index contributed by atoms with van der Waals surface area (Å²) in [5, 5.41) is 9.67. The first kappa shape index (κ1) is 7.67. The summed E-state index contributed by atoms with van der Waals surface area (Å²) < 4.78 is 4.79. The summed E-state index contributed by atoms with van der Waals surface area (Å²) in [5.41, 5.74) is 5.74. The maximum atomic E-state index is 10.9. The molecule has 0 unspecified atom stereocenters. The van der Waals surface area contributed by atoms with Crippen molar-refractivity contribution >= 4 is 16.7 Å². The third-order valence-electron chi connectivity index (χ3n) is 1.74. The lowest BCUT2D eigenvalue weighted by Crippen LogP contribution is -1.97. The molecule has 4 nitrogen and oxygen atoms in total. The standard InChI is InChI=1S/C9H7NO3/c10-6-1-2-8-5(3-6)4-7(11)9(12)13-8/h1-4,11H,10H2. The number of aromatic hydroxyl groups is 1. The number of rotatable bonds is 0. The van der Waals surface area contributed by atoms with E-state index in [9.17, 15) is 4.79 Å². The van der Waals surface area contributed by atoms with Crippen molar-refractivity contribution in [1.29, 1.82) is 0 Å². The van der Waals surface area contributed by atoms with E-state index in [-0.39, 0.29) is 0 Å². The van der Waals surface area contributed by atoms with E-state index >= 15 is 0 Å². The van der Waals surface area contributed by atoms with Gasteiger partial charge in [0, 0.05) is 11.1 Å². The van der Waals surface area contributed by atoms with Gasteiger partial charge in [0.15, 0.2) is 0 Å². The van der Waals surface area contributed by atoms with Gasteiger partial charge < -0.3 is 15.3 Å². The third-order valence-corrected chi connectivity index (χ3v) is 1.74. The predicted molar refractivity (Wildman–Crippen MR) is 48.6 cm³/mol. The van der Waals surface area contributed by atoms with Crippen LogP contribution in [-0.2, 0) is 0 Å². The van der Waals surface area contributed by atoms with E-state index in [2.05, 4.69) is 0 Å². The van der Waals surface area contributed by atoms with Crippen LogP contribution >= 0.6 is 0 Å². The number of anilines is 1. The molecule has 0 fully saturated rings. The van der Waals surface area contributed by atoms with Crippen molar-refractivity contribution in [3.05, 3.63) is 34.7 Å². The first-order valence-electron chi connectivity index (χ1n) is 3.69. The second-order valence-corrected chi connectivity index (χ2v) is 2.72. The number of nitrogens with two attached hydrogens (primary N) is 1. The van der Waals surface area contributed by atoms with E-state index in [0.717, 1.165) is 0 Å². The van der Waals surface area contributed by atoms with Gasteiger partial charge in [-0.05, 0) is 24.3 Å². The van der Waals surface area contributed by atoms with E-state index in [0.29, 0.717) is 16.7 Å². The van der Waals surface area contributed by atoms with Crippen LogP contribution in [-0.4, -0.2) is 5.11 Å². The minimum absolute atomic E-state index is 0.405. The third kappa shape index (κ3) is 1.22. The van der Waals surface area contributed by atoms with Crippen molar-refractivity contribution < 1.29 is 9.52 Å². The Morgan fingerprint density at radius 1 is 1.31 bits per heavy atom. The van der Waals surface area contributed by atoms with E-state index in [1.807, 2.05) is 0 Å². The van der Waals surface area contributed by atoms with Crippen molar-refractivity contribution in [2.75, 3.05) is 5.73 Å². The topological polar surface area (TPSA) is 76.5 Å². The normalized spacial score (nSPS) is 10.5. The smallest absolute Gasteiger partial charge is 0.378 e. The Balaban J connectivity index is 2.89. The highest BCUT2D eigenvalue weighted by Crippen LogP contribution is 2.18. The zero-order valence-electron chi connectivity index (χ0n) is 6.65. The first-order chi connectivity index (χ1) is 6.16. The van der Waals surface area contributed by atoms with Crippen molar-refractivity contribution in [3.63, 3.8) is 0 Å². The van der Waals surface area contributed by atoms with Gasteiger partial charge in [0.05, 0.1) is 0 Å². The van der Waals surface area contributed by atoms with Gasteiger partial charge in [-0.1, -0.05) is 0 Å². The van der Waals surface area contributed by atoms with Crippen LogP contribution in [0.15, 0.2) is 33.5 Å². The summed E-state index contributed by atoms with van der Waals surface area (Å²) >= 11 is 0. The number of nitrogen functional groups attached to an aromatic ring is 1. The lowest BCUT2D eigenvalue weighted by atomic mass is 10.2. The Labute approximate surface area is 73.2 Å². The SMILES string of the molecule is Nc1ccc2oc(=O)c(O)cc2c1. The first-order valence-corrected chi connectivity index (χ1v) is 3.69. The van der Waals surface area contributed by atoms with Crippen molar-refractivity contribution in [3.8, 4) is 5.75 Å². The molecule has 0 saturated heterocycles. The van der Waals surface area contributed by atoms with Gasteiger partial charge in [-0.25, -0.2) is 4.79 Å². The summed E-state index contributed by atoms with van der Waals surface area (Å²) in [6.45, 7) is 0. The molecule has 0 aliphatic carbocycles. The van der Waals surface area contributed by atoms with E-state index in [1.54, 1.807) is 18.2 Å². The molecule has 2 aromatic rings. The Hall–Kier alpha value is -1.97. The molecule has 0 aliphatic rings. The molecule has 66 valence electrons. The highest BCUT2D eigenvalue weighted by molar-refractivity contribution is 5.80. The average Bonchev–Trinajstić information content (AvgIpc) is 2.08.